The maximum absolute atomic E-state index is 11.7. The molecule has 37 heavy (non-hydrogen) atoms. The molecule has 11 heteroatoms. The molecule has 0 atom stereocenters. The summed E-state index contributed by atoms with van der Waals surface area (Å²) in [4.78, 5) is 1.88. The average molecular weight is 570 g/mol. The summed E-state index contributed by atoms with van der Waals surface area (Å²) in [7, 11) is -8.71. The fraction of sp³-hybridized carbons (Fsp3) is 0.346. The van der Waals surface area contributed by atoms with Gasteiger partial charge in [0.25, 0.3) is 10.1 Å². The zero-order valence-corrected chi connectivity index (χ0v) is 26.4. The smallest absolute Gasteiger partial charge is 0.743 e. The molecule has 0 bridgehead atoms. The van der Waals surface area contributed by atoms with E-state index in [0.717, 1.165) is 22.5 Å². The molecule has 0 fully saturated rings. The molecule has 4 rings (SSSR count). The van der Waals surface area contributed by atoms with Crippen molar-refractivity contribution < 1.29 is 81.9 Å². The first-order chi connectivity index (χ1) is 16.6. The van der Waals surface area contributed by atoms with E-state index in [1.165, 1.54) is 4.58 Å². The number of hydrogen-bond donors (Lipinski definition) is 1. The zero-order valence-electron chi connectivity index (χ0n) is 21.7. The number of benzene rings is 2. The van der Waals surface area contributed by atoms with Gasteiger partial charge >= 0.3 is 51.4 Å². The van der Waals surface area contributed by atoms with Gasteiger partial charge in [-0.05, 0) is 31.6 Å². The van der Waals surface area contributed by atoms with E-state index in [0.29, 0.717) is 11.4 Å². The van der Waals surface area contributed by atoms with Crippen molar-refractivity contribution in [3.8, 4) is 0 Å². The summed E-state index contributed by atoms with van der Waals surface area (Å²) in [5, 5.41) is 0. The number of anilines is 1. The quantitative estimate of drug-likeness (QED) is 0.296. The maximum Gasteiger partial charge on any atom is 1.00 e. The van der Waals surface area contributed by atoms with Crippen LogP contribution in [0.3, 0.4) is 0 Å². The van der Waals surface area contributed by atoms with Crippen LogP contribution in [0.1, 0.15) is 38.8 Å². The van der Waals surface area contributed by atoms with Gasteiger partial charge in [-0.15, -0.1) is 0 Å². The summed E-state index contributed by atoms with van der Waals surface area (Å²) in [6, 6.07) is 15.1. The van der Waals surface area contributed by atoms with Crippen molar-refractivity contribution in [2.45, 2.75) is 38.5 Å². The monoisotopic (exact) mass is 569 g/mol. The molecule has 2 aliphatic heterocycles. The SMILES string of the molecule is CC1(C)C(/C=C/C=C2/N(CCS(=O)(=O)O)c3ccccc3C2(C)C)=[N+](CS(=O)(=O)[O-])c2ccccc21.[K+]. The minimum absolute atomic E-state index is 0. The van der Waals surface area contributed by atoms with Crippen LogP contribution < -0.4 is 56.3 Å². The van der Waals surface area contributed by atoms with Gasteiger partial charge in [-0.2, -0.15) is 13.0 Å². The maximum atomic E-state index is 11.7. The topological polar surface area (TPSA) is 118 Å². The van der Waals surface area contributed by atoms with Crippen molar-refractivity contribution in [3.05, 3.63) is 83.6 Å². The summed E-state index contributed by atoms with van der Waals surface area (Å²) in [5.74, 6) is -1.10. The summed E-state index contributed by atoms with van der Waals surface area (Å²) >= 11 is 0. The summed E-state index contributed by atoms with van der Waals surface area (Å²) in [6.45, 7) is 8.11. The van der Waals surface area contributed by atoms with E-state index in [1.54, 1.807) is 24.3 Å². The molecule has 0 aliphatic carbocycles. The molecule has 2 aliphatic rings. The Kier molecular flexibility index (Phi) is 8.86. The number of nitrogens with zero attached hydrogens (tertiary/aromatic N) is 2. The molecule has 1 N–H and O–H groups in total. The number of rotatable bonds is 7. The third-order valence-corrected chi connectivity index (χ3v) is 8.24. The second-order valence-corrected chi connectivity index (χ2v) is 13.1. The molecular weight excluding hydrogens is 540 g/mol. The van der Waals surface area contributed by atoms with Crippen molar-refractivity contribution in [3.63, 3.8) is 0 Å². The fourth-order valence-electron chi connectivity index (χ4n) is 5.26. The first-order valence-corrected chi connectivity index (χ1v) is 14.7. The Morgan fingerprint density at radius 1 is 0.946 bits per heavy atom. The molecule has 0 saturated heterocycles. The van der Waals surface area contributed by atoms with Crippen LogP contribution in [0.15, 0.2) is 72.5 Å². The largest absolute Gasteiger partial charge is 1.00 e. The Balaban J connectivity index is 0.00000380. The molecule has 0 spiro atoms. The van der Waals surface area contributed by atoms with Gasteiger partial charge in [-0.3, -0.25) is 4.55 Å². The van der Waals surface area contributed by atoms with Gasteiger partial charge in [-0.25, -0.2) is 8.42 Å². The van der Waals surface area contributed by atoms with E-state index in [-0.39, 0.29) is 57.9 Å². The Labute approximate surface area is 261 Å². The second-order valence-electron chi connectivity index (χ2n) is 10.1. The van der Waals surface area contributed by atoms with Crippen LogP contribution in [0, 0.1) is 0 Å². The molecule has 192 valence electrons. The Morgan fingerprint density at radius 2 is 1.54 bits per heavy atom. The first kappa shape index (κ1) is 30.4. The van der Waals surface area contributed by atoms with Crippen molar-refractivity contribution in [2.75, 3.05) is 23.1 Å². The molecule has 2 aromatic rings. The zero-order chi connectivity index (χ0) is 26.5. The standard InChI is InChI=1S/C26H30N2O6S2.K/c1-25(2)19-10-5-7-12-21(19)27(16-17-35(29,30)31)23(25)14-9-15-24-26(3,4)20-11-6-8-13-22(20)28(24)18-36(32,33)34;/h5-15H,16-18H2,1-4H3,(H-,29,30,31,32,33,34);/q;+1. The molecule has 0 radical (unpaired) electrons. The molecule has 0 unspecified atom stereocenters. The van der Waals surface area contributed by atoms with Crippen LogP contribution in [-0.2, 0) is 31.1 Å². The van der Waals surface area contributed by atoms with E-state index in [9.17, 15) is 25.9 Å². The summed E-state index contributed by atoms with van der Waals surface area (Å²) in [6.07, 6.45) is 5.48. The van der Waals surface area contributed by atoms with E-state index in [4.69, 9.17) is 0 Å². The minimum atomic E-state index is -4.54. The van der Waals surface area contributed by atoms with Crippen LogP contribution in [-0.4, -0.2) is 54.4 Å². The van der Waals surface area contributed by atoms with Gasteiger partial charge in [0.05, 0.1) is 11.2 Å². The number of allylic oxidation sites excluding steroid dienone is 4. The van der Waals surface area contributed by atoms with Crippen molar-refractivity contribution in [1.82, 2.24) is 0 Å². The van der Waals surface area contributed by atoms with Gasteiger partial charge in [0, 0.05) is 41.1 Å². The summed E-state index contributed by atoms with van der Waals surface area (Å²) in [5.41, 5.74) is 4.00. The van der Waals surface area contributed by atoms with Gasteiger partial charge < -0.3 is 9.45 Å². The number of para-hydroxylation sites is 2. The van der Waals surface area contributed by atoms with Crippen LogP contribution >= 0.6 is 0 Å². The third-order valence-electron chi connectivity index (χ3n) is 6.97. The molecule has 0 amide bonds. The molecule has 2 aromatic carbocycles. The van der Waals surface area contributed by atoms with Gasteiger partial charge in [-0.1, -0.05) is 56.3 Å². The van der Waals surface area contributed by atoms with Crippen LogP contribution in [0.4, 0.5) is 11.4 Å². The number of hydrogen-bond acceptors (Lipinski definition) is 6. The minimum Gasteiger partial charge on any atom is -0.743 e. The normalized spacial score (nSPS) is 19.3. The van der Waals surface area contributed by atoms with Crippen molar-refractivity contribution in [2.24, 2.45) is 0 Å². The Bertz CT molecular complexity index is 1520. The predicted octanol–water partition coefficient (Wildman–Crippen LogP) is 0.695. The van der Waals surface area contributed by atoms with Crippen molar-refractivity contribution in [1.29, 1.82) is 0 Å². The Morgan fingerprint density at radius 3 is 2.16 bits per heavy atom. The van der Waals surface area contributed by atoms with Crippen LogP contribution in [0.5, 0.6) is 0 Å². The molecule has 0 aromatic heterocycles. The molecule has 2 heterocycles. The van der Waals surface area contributed by atoms with E-state index in [1.807, 2.05) is 75.1 Å². The van der Waals surface area contributed by atoms with E-state index in [2.05, 4.69) is 0 Å². The van der Waals surface area contributed by atoms with Crippen LogP contribution in [0.25, 0.3) is 0 Å². The van der Waals surface area contributed by atoms with E-state index >= 15 is 0 Å². The number of fused-ring (bicyclic) bond motifs is 2. The average Bonchev–Trinajstić information content (AvgIpc) is 3.11. The third kappa shape index (κ3) is 6.20. The molecular formula is C26H30KN2O6S2+. The first-order valence-electron chi connectivity index (χ1n) is 11.5. The van der Waals surface area contributed by atoms with Crippen molar-refractivity contribution >= 4 is 37.3 Å². The van der Waals surface area contributed by atoms with Gasteiger partial charge in [0.15, 0.2) is 15.8 Å². The fourth-order valence-corrected chi connectivity index (χ4v) is 6.26. The van der Waals surface area contributed by atoms with Gasteiger partial charge in [0.2, 0.25) is 11.6 Å². The van der Waals surface area contributed by atoms with Crippen LogP contribution in [0.2, 0.25) is 0 Å². The molecule has 8 nitrogen and oxygen atoms in total. The summed E-state index contributed by atoms with van der Waals surface area (Å²) < 4.78 is 69.1. The second kappa shape index (κ2) is 10.8. The van der Waals surface area contributed by atoms with Gasteiger partial charge in [0.1, 0.15) is 0 Å². The Hall–Kier alpha value is -1.15. The predicted molar refractivity (Wildman–Crippen MR) is 139 cm³/mol. The molecule has 0 saturated carbocycles. The van der Waals surface area contributed by atoms with E-state index < -0.39 is 42.7 Å².